The summed E-state index contributed by atoms with van der Waals surface area (Å²) in [5, 5.41) is 8.94. The first-order chi connectivity index (χ1) is 14.5. The molecule has 0 aliphatic carbocycles. The van der Waals surface area contributed by atoms with Gasteiger partial charge >= 0.3 is 0 Å². The molecule has 154 valence electrons. The Morgan fingerprint density at radius 3 is 2.63 bits per heavy atom. The van der Waals surface area contributed by atoms with Crippen LogP contribution in [0.3, 0.4) is 0 Å². The summed E-state index contributed by atoms with van der Waals surface area (Å²) >= 11 is 12.4. The van der Waals surface area contributed by atoms with E-state index < -0.39 is 0 Å². The Kier molecular flexibility index (Phi) is 5.95. The van der Waals surface area contributed by atoms with Gasteiger partial charge in [0.25, 0.3) is 5.91 Å². The van der Waals surface area contributed by atoms with Crippen molar-refractivity contribution in [3.63, 3.8) is 0 Å². The quantitative estimate of drug-likeness (QED) is 0.354. The van der Waals surface area contributed by atoms with Crippen LogP contribution in [0.1, 0.15) is 22.5 Å². The number of para-hydroxylation sites is 1. The second-order valence-corrected chi connectivity index (χ2v) is 8.06. The largest absolute Gasteiger partial charge is 0.353 e. The number of benzene rings is 2. The van der Waals surface area contributed by atoms with Gasteiger partial charge in [0.1, 0.15) is 5.69 Å². The highest BCUT2D eigenvalue weighted by molar-refractivity contribution is 6.42. The highest BCUT2D eigenvalue weighted by Gasteiger charge is 2.18. The maximum absolute atomic E-state index is 12.8. The van der Waals surface area contributed by atoms with Gasteiger partial charge in [-0.3, -0.25) is 4.79 Å². The van der Waals surface area contributed by atoms with Crippen molar-refractivity contribution in [2.75, 3.05) is 20.1 Å². The van der Waals surface area contributed by atoms with E-state index >= 15 is 0 Å². The summed E-state index contributed by atoms with van der Waals surface area (Å²) in [6.45, 7) is 3.47. The van der Waals surface area contributed by atoms with E-state index in [9.17, 15) is 4.79 Å². The number of aromatic nitrogens is 2. The third-order valence-electron chi connectivity index (χ3n) is 5.15. The molecule has 7 heteroatoms. The number of H-pyrrole nitrogens is 1. The smallest absolute Gasteiger partial charge is 0.269 e. The van der Waals surface area contributed by atoms with Gasteiger partial charge in [-0.15, -0.1) is 0 Å². The lowest BCUT2D eigenvalue weighted by molar-refractivity contribution is 0.0948. The fourth-order valence-electron chi connectivity index (χ4n) is 3.59. The number of nitrogens with zero attached hydrogens (tertiary/aromatic N) is 1. The fraction of sp³-hybridized carbons (Fsp3) is 0.217. The van der Waals surface area contributed by atoms with E-state index in [1.54, 1.807) is 12.1 Å². The standard InChI is InChI=1S/C23H22Cl2N4O/c1-13-5-3-6-15-16-12-19(23(30)27-10-4-9-26-2)28-21(22(16)29-20(13)15)14-7-8-17(24)18(25)11-14/h3,5-8,11-12,26,29H,4,9-10H2,1-2H3,(H,27,30). The van der Waals surface area contributed by atoms with Crippen LogP contribution in [0.4, 0.5) is 0 Å². The lowest BCUT2D eigenvalue weighted by Crippen LogP contribution is -2.27. The zero-order valence-corrected chi connectivity index (χ0v) is 18.3. The molecule has 4 aromatic rings. The monoisotopic (exact) mass is 440 g/mol. The Morgan fingerprint density at radius 2 is 1.87 bits per heavy atom. The van der Waals surface area contributed by atoms with Crippen LogP contribution in [-0.4, -0.2) is 36.0 Å². The molecule has 0 saturated heterocycles. The molecular formula is C23H22Cl2N4O. The Bertz CT molecular complexity index is 1250. The van der Waals surface area contributed by atoms with Crippen molar-refractivity contribution in [1.29, 1.82) is 0 Å². The number of carbonyl (C=O) groups is 1. The number of halogens is 2. The predicted molar refractivity (Wildman–Crippen MR) is 125 cm³/mol. The van der Waals surface area contributed by atoms with Crippen LogP contribution in [0, 0.1) is 6.92 Å². The molecule has 0 spiro atoms. The summed E-state index contributed by atoms with van der Waals surface area (Å²) in [7, 11) is 1.89. The van der Waals surface area contributed by atoms with Gasteiger partial charge in [-0.1, -0.05) is 47.5 Å². The van der Waals surface area contributed by atoms with E-state index in [1.807, 2.05) is 31.3 Å². The lowest BCUT2D eigenvalue weighted by Gasteiger charge is -2.09. The van der Waals surface area contributed by atoms with Crippen molar-refractivity contribution in [3.8, 4) is 11.3 Å². The molecule has 0 bridgehead atoms. The average Bonchev–Trinajstić information content (AvgIpc) is 3.12. The maximum atomic E-state index is 12.8. The van der Waals surface area contributed by atoms with Crippen molar-refractivity contribution in [3.05, 3.63) is 63.8 Å². The summed E-state index contributed by atoms with van der Waals surface area (Å²) in [6.07, 6.45) is 0.844. The Balaban J connectivity index is 1.89. The van der Waals surface area contributed by atoms with Crippen molar-refractivity contribution < 1.29 is 4.79 Å². The average molecular weight is 441 g/mol. The number of fused-ring (bicyclic) bond motifs is 3. The second kappa shape index (κ2) is 8.64. The zero-order valence-electron chi connectivity index (χ0n) is 16.8. The molecule has 2 heterocycles. The van der Waals surface area contributed by atoms with Gasteiger partial charge < -0.3 is 15.6 Å². The second-order valence-electron chi connectivity index (χ2n) is 7.24. The molecule has 30 heavy (non-hydrogen) atoms. The number of aromatic amines is 1. The van der Waals surface area contributed by atoms with E-state index in [-0.39, 0.29) is 5.91 Å². The zero-order chi connectivity index (χ0) is 21.3. The first-order valence-electron chi connectivity index (χ1n) is 9.80. The minimum atomic E-state index is -0.198. The van der Waals surface area contributed by atoms with Gasteiger partial charge in [0.2, 0.25) is 0 Å². The van der Waals surface area contributed by atoms with Crippen molar-refractivity contribution in [2.24, 2.45) is 0 Å². The van der Waals surface area contributed by atoms with Crippen LogP contribution < -0.4 is 10.6 Å². The third kappa shape index (κ3) is 3.88. The van der Waals surface area contributed by atoms with Gasteiger partial charge in [-0.25, -0.2) is 4.98 Å². The highest BCUT2D eigenvalue weighted by atomic mass is 35.5. The van der Waals surface area contributed by atoms with Crippen LogP contribution in [0.15, 0.2) is 42.5 Å². The molecule has 1 amide bonds. The Labute approximate surface area is 184 Å². The van der Waals surface area contributed by atoms with Crippen molar-refractivity contribution in [2.45, 2.75) is 13.3 Å². The van der Waals surface area contributed by atoms with Gasteiger partial charge in [-0.2, -0.15) is 0 Å². The van der Waals surface area contributed by atoms with Crippen molar-refractivity contribution in [1.82, 2.24) is 20.6 Å². The van der Waals surface area contributed by atoms with Crippen LogP contribution >= 0.6 is 23.2 Å². The van der Waals surface area contributed by atoms with E-state index in [0.717, 1.165) is 45.9 Å². The lowest BCUT2D eigenvalue weighted by atomic mass is 10.1. The van der Waals surface area contributed by atoms with Crippen LogP contribution in [0.5, 0.6) is 0 Å². The van der Waals surface area contributed by atoms with Crippen LogP contribution in [-0.2, 0) is 0 Å². The van der Waals surface area contributed by atoms with Gasteiger partial charge in [-0.05, 0) is 50.7 Å². The molecular weight excluding hydrogens is 419 g/mol. The van der Waals surface area contributed by atoms with E-state index in [2.05, 4.69) is 28.6 Å². The molecule has 3 N–H and O–H groups in total. The molecule has 0 atom stereocenters. The Hall–Kier alpha value is -2.60. The number of nitrogens with one attached hydrogen (secondary N) is 3. The molecule has 4 rings (SSSR count). The van der Waals surface area contributed by atoms with Gasteiger partial charge in [0.15, 0.2) is 0 Å². The van der Waals surface area contributed by atoms with Crippen LogP contribution in [0.2, 0.25) is 10.0 Å². The molecule has 2 aromatic heterocycles. The van der Waals surface area contributed by atoms with E-state index in [4.69, 9.17) is 28.2 Å². The maximum Gasteiger partial charge on any atom is 0.269 e. The molecule has 0 fully saturated rings. The van der Waals surface area contributed by atoms with Gasteiger partial charge in [0, 0.05) is 28.4 Å². The normalized spacial score (nSPS) is 11.3. The summed E-state index contributed by atoms with van der Waals surface area (Å²) in [6, 6.07) is 13.4. The number of hydrogen-bond donors (Lipinski definition) is 3. The topological polar surface area (TPSA) is 69.8 Å². The minimum Gasteiger partial charge on any atom is -0.353 e. The van der Waals surface area contributed by atoms with Crippen molar-refractivity contribution >= 4 is 50.9 Å². The molecule has 0 saturated carbocycles. The van der Waals surface area contributed by atoms with E-state index in [1.165, 1.54) is 0 Å². The molecule has 2 aromatic carbocycles. The highest BCUT2D eigenvalue weighted by Crippen LogP contribution is 2.35. The number of pyridine rings is 1. The third-order valence-corrected chi connectivity index (χ3v) is 5.89. The number of hydrogen-bond acceptors (Lipinski definition) is 3. The first-order valence-corrected chi connectivity index (χ1v) is 10.6. The fourth-order valence-corrected chi connectivity index (χ4v) is 3.89. The van der Waals surface area contributed by atoms with E-state index in [0.29, 0.717) is 28.0 Å². The minimum absolute atomic E-state index is 0.198. The molecule has 0 aliphatic rings. The van der Waals surface area contributed by atoms with Crippen LogP contribution in [0.25, 0.3) is 33.1 Å². The number of aryl methyl sites for hydroxylation is 1. The summed E-state index contributed by atoms with van der Waals surface area (Å²) in [5.74, 6) is -0.198. The predicted octanol–water partition coefficient (Wildman–Crippen LogP) is 5.34. The molecule has 5 nitrogen and oxygen atoms in total. The molecule has 0 unspecified atom stereocenters. The summed E-state index contributed by atoms with van der Waals surface area (Å²) in [4.78, 5) is 21.0. The number of amides is 1. The molecule has 0 radical (unpaired) electrons. The summed E-state index contributed by atoms with van der Waals surface area (Å²) < 4.78 is 0. The Morgan fingerprint density at radius 1 is 1.03 bits per heavy atom. The number of carbonyl (C=O) groups excluding carboxylic acids is 1. The van der Waals surface area contributed by atoms with Gasteiger partial charge in [0.05, 0.1) is 21.3 Å². The SMILES string of the molecule is CNCCCNC(=O)c1cc2c([nH]c3c(C)cccc32)c(-c2ccc(Cl)c(Cl)c2)n1. The molecule has 0 aliphatic heterocycles. The first kappa shape index (κ1) is 20.7. The number of rotatable bonds is 6. The summed E-state index contributed by atoms with van der Waals surface area (Å²) in [5.41, 5.74) is 4.86.